The minimum absolute atomic E-state index is 0.350. The summed E-state index contributed by atoms with van der Waals surface area (Å²) in [5.41, 5.74) is 2.33. The van der Waals surface area contributed by atoms with Gasteiger partial charge in [-0.15, -0.1) is 0 Å². The van der Waals surface area contributed by atoms with Crippen LogP contribution in [0.25, 0.3) is 11.3 Å². The van der Waals surface area contributed by atoms with Gasteiger partial charge in [-0.1, -0.05) is 18.5 Å². The first kappa shape index (κ1) is 13.7. The van der Waals surface area contributed by atoms with Crippen LogP contribution in [0, 0.1) is 12.7 Å². The molecule has 0 saturated carbocycles. The predicted molar refractivity (Wildman–Crippen MR) is 76.0 cm³/mol. The number of aryl methyl sites for hydroxylation is 1. The van der Waals surface area contributed by atoms with Gasteiger partial charge >= 0.3 is 0 Å². The van der Waals surface area contributed by atoms with Crippen molar-refractivity contribution in [1.29, 1.82) is 0 Å². The topological polar surface area (TPSA) is 37.8 Å². The van der Waals surface area contributed by atoms with Crippen molar-refractivity contribution in [2.45, 2.75) is 20.3 Å². The molecule has 3 nitrogen and oxygen atoms in total. The van der Waals surface area contributed by atoms with Crippen LogP contribution in [0.5, 0.6) is 0 Å². The lowest BCUT2D eigenvalue weighted by atomic mass is 10.1. The molecule has 1 heterocycles. The lowest BCUT2D eigenvalue weighted by Gasteiger charge is -2.10. The van der Waals surface area contributed by atoms with Crippen LogP contribution in [-0.4, -0.2) is 16.5 Å². The first-order valence-electron chi connectivity index (χ1n) is 6.14. The lowest BCUT2D eigenvalue weighted by Crippen LogP contribution is -2.05. The van der Waals surface area contributed by atoms with E-state index in [-0.39, 0.29) is 5.82 Å². The molecular formula is C14H15ClFN3. The third-order valence-electron chi connectivity index (χ3n) is 2.69. The highest BCUT2D eigenvalue weighted by atomic mass is 35.5. The van der Waals surface area contributed by atoms with Gasteiger partial charge in [-0.3, -0.25) is 0 Å². The summed E-state index contributed by atoms with van der Waals surface area (Å²) in [5.74, 6) is 0.202. The summed E-state index contributed by atoms with van der Waals surface area (Å²) >= 11 is 6.07. The Balaban J connectivity index is 2.42. The van der Waals surface area contributed by atoms with Crippen LogP contribution < -0.4 is 5.32 Å². The average Bonchev–Trinajstić information content (AvgIpc) is 2.38. The molecule has 0 unspecified atom stereocenters. The highest BCUT2D eigenvalue weighted by Crippen LogP contribution is 2.29. The zero-order valence-electron chi connectivity index (χ0n) is 10.9. The smallest absolute Gasteiger partial charge is 0.223 e. The van der Waals surface area contributed by atoms with Crippen molar-refractivity contribution in [3.63, 3.8) is 0 Å². The number of nitrogens with one attached hydrogen (secondary N) is 1. The lowest BCUT2D eigenvalue weighted by molar-refractivity contribution is 0.628. The van der Waals surface area contributed by atoms with Crippen molar-refractivity contribution in [3.8, 4) is 11.3 Å². The van der Waals surface area contributed by atoms with E-state index in [4.69, 9.17) is 11.6 Å². The van der Waals surface area contributed by atoms with Gasteiger partial charge < -0.3 is 5.32 Å². The van der Waals surface area contributed by atoms with Crippen molar-refractivity contribution < 1.29 is 4.39 Å². The molecule has 2 aromatic rings. The first-order valence-corrected chi connectivity index (χ1v) is 6.52. The summed E-state index contributed by atoms with van der Waals surface area (Å²) in [7, 11) is 0. The van der Waals surface area contributed by atoms with E-state index in [0.717, 1.165) is 24.2 Å². The fourth-order valence-corrected chi connectivity index (χ4v) is 1.97. The number of aromatic nitrogens is 2. The maximum Gasteiger partial charge on any atom is 0.223 e. The summed E-state index contributed by atoms with van der Waals surface area (Å²) < 4.78 is 13.1. The van der Waals surface area contributed by atoms with Crippen LogP contribution in [0.1, 0.15) is 18.9 Å². The van der Waals surface area contributed by atoms with Gasteiger partial charge in [-0.2, -0.15) is 0 Å². The number of hydrogen-bond acceptors (Lipinski definition) is 3. The highest BCUT2D eigenvalue weighted by molar-refractivity contribution is 6.33. The monoisotopic (exact) mass is 279 g/mol. The van der Waals surface area contributed by atoms with Crippen molar-refractivity contribution >= 4 is 17.5 Å². The molecule has 0 atom stereocenters. The molecule has 1 aromatic heterocycles. The van der Waals surface area contributed by atoms with E-state index < -0.39 is 0 Å². The molecule has 2 rings (SSSR count). The SMILES string of the molecule is CCCNc1ncc(C)c(-c2ccc(F)cc2Cl)n1. The molecule has 0 bridgehead atoms. The molecule has 100 valence electrons. The summed E-state index contributed by atoms with van der Waals surface area (Å²) in [6.45, 7) is 4.78. The normalized spacial score (nSPS) is 10.5. The number of rotatable bonds is 4. The summed E-state index contributed by atoms with van der Waals surface area (Å²) in [6.07, 6.45) is 2.73. The van der Waals surface area contributed by atoms with Crippen molar-refractivity contribution in [1.82, 2.24) is 9.97 Å². The fraction of sp³-hybridized carbons (Fsp3) is 0.286. The van der Waals surface area contributed by atoms with E-state index in [0.29, 0.717) is 16.5 Å². The van der Waals surface area contributed by atoms with E-state index >= 15 is 0 Å². The second-order valence-electron chi connectivity index (χ2n) is 4.28. The van der Waals surface area contributed by atoms with Gasteiger partial charge in [0.05, 0.1) is 10.7 Å². The number of anilines is 1. The molecule has 0 aliphatic carbocycles. The van der Waals surface area contributed by atoms with Crippen molar-refractivity contribution in [2.75, 3.05) is 11.9 Å². The second kappa shape index (κ2) is 5.97. The molecule has 19 heavy (non-hydrogen) atoms. The van der Waals surface area contributed by atoms with Gasteiger partial charge in [0.2, 0.25) is 5.95 Å². The van der Waals surface area contributed by atoms with E-state index in [1.807, 2.05) is 6.92 Å². The number of nitrogens with zero attached hydrogens (tertiary/aromatic N) is 2. The van der Waals surface area contributed by atoms with Crippen LogP contribution in [0.15, 0.2) is 24.4 Å². The van der Waals surface area contributed by atoms with Crippen molar-refractivity contribution in [3.05, 3.63) is 40.8 Å². The van der Waals surface area contributed by atoms with Gasteiger partial charge in [-0.25, -0.2) is 14.4 Å². The van der Waals surface area contributed by atoms with Gasteiger partial charge in [0, 0.05) is 18.3 Å². The summed E-state index contributed by atoms with van der Waals surface area (Å²) in [4.78, 5) is 8.65. The fourth-order valence-electron chi connectivity index (χ4n) is 1.72. The Morgan fingerprint density at radius 1 is 1.37 bits per heavy atom. The Morgan fingerprint density at radius 3 is 2.84 bits per heavy atom. The second-order valence-corrected chi connectivity index (χ2v) is 4.68. The minimum atomic E-state index is -0.357. The molecular weight excluding hydrogens is 265 g/mol. The van der Waals surface area contributed by atoms with E-state index in [9.17, 15) is 4.39 Å². The summed E-state index contributed by atoms with van der Waals surface area (Å²) in [5, 5.41) is 3.47. The maximum atomic E-state index is 13.1. The van der Waals surface area contributed by atoms with Gasteiger partial charge in [-0.05, 0) is 37.1 Å². The molecule has 0 aliphatic rings. The third-order valence-corrected chi connectivity index (χ3v) is 3.00. The molecule has 0 radical (unpaired) electrons. The quantitative estimate of drug-likeness (QED) is 0.917. The van der Waals surface area contributed by atoms with Crippen LogP contribution >= 0.6 is 11.6 Å². The van der Waals surface area contributed by atoms with Crippen LogP contribution in [0.4, 0.5) is 10.3 Å². The Hall–Kier alpha value is -1.68. The number of benzene rings is 1. The maximum absolute atomic E-state index is 13.1. The van der Waals surface area contributed by atoms with Gasteiger partial charge in [0.25, 0.3) is 0 Å². The molecule has 0 aliphatic heterocycles. The predicted octanol–water partition coefficient (Wildman–Crippen LogP) is 4.07. The number of halogens is 2. The molecule has 1 N–H and O–H groups in total. The molecule has 0 fully saturated rings. The van der Waals surface area contributed by atoms with Crippen LogP contribution in [0.2, 0.25) is 5.02 Å². The number of hydrogen-bond donors (Lipinski definition) is 1. The van der Waals surface area contributed by atoms with Crippen LogP contribution in [-0.2, 0) is 0 Å². The molecule has 0 amide bonds. The highest BCUT2D eigenvalue weighted by Gasteiger charge is 2.10. The van der Waals surface area contributed by atoms with E-state index in [2.05, 4.69) is 22.2 Å². The first-order chi connectivity index (χ1) is 9.11. The molecule has 1 aromatic carbocycles. The van der Waals surface area contributed by atoms with E-state index in [1.165, 1.54) is 12.1 Å². The van der Waals surface area contributed by atoms with E-state index in [1.54, 1.807) is 12.3 Å². The van der Waals surface area contributed by atoms with Gasteiger partial charge in [0.15, 0.2) is 0 Å². The summed E-state index contributed by atoms with van der Waals surface area (Å²) in [6, 6.07) is 4.30. The van der Waals surface area contributed by atoms with Crippen molar-refractivity contribution in [2.24, 2.45) is 0 Å². The Bertz CT molecular complexity index is 587. The van der Waals surface area contributed by atoms with Crippen LogP contribution in [0.3, 0.4) is 0 Å². The Kier molecular flexibility index (Phi) is 4.32. The Morgan fingerprint density at radius 2 is 2.16 bits per heavy atom. The third kappa shape index (κ3) is 3.20. The van der Waals surface area contributed by atoms with Gasteiger partial charge in [0.1, 0.15) is 5.82 Å². The molecule has 0 spiro atoms. The Labute approximate surface area is 116 Å². The minimum Gasteiger partial charge on any atom is -0.354 e. The average molecular weight is 280 g/mol. The zero-order chi connectivity index (χ0) is 13.8. The standard InChI is InChI=1S/C14H15ClFN3/c1-3-6-17-14-18-8-9(2)13(19-14)11-5-4-10(16)7-12(11)15/h4-5,7-8H,3,6H2,1-2H3,(H,17,18,19). The molecule has 5 heteroatoms. The zero-order valence-corrected chi connectivity index (χ0v) is 11.6. The largest absolute Gasteiger partial charge is 0.354 e. The molecule has 0 saturated heterocycles.